The molecule has 0 saturated heterocycles. The number of unbranched alkanes of at least 4 members (excludes halogenated alkanes) is 1. The summed E-state index contributed by atoms with van der Waals surface area (Å²) in [5.74, 6) is -1.14. The Morgan fingerprint density at radius 3 is 2.26 bits per heavy atom. The van der Waals surface area contributed by atoms with Gasteiger partial charge in [0.25, 0.3) is 0 Å². The highest BCUT2D eigenvalue weighted by atomic mass is 16.4. The second-order valence-electron chi connectivity index (χ2n) is 6.36. The molecule has 0 saturated carbocycles. The maximum Gasteiger partial charge on any atom is 0.328 e. The van der Waals surface area contributed by atoms with Gasteiger partial charge in [0.1, 0.15) is 6.29 Å². The molecule has 23 heavy (non-hydrogen) atoms. The van der Waals surface area contributed by atoms with E-state index in [1.807, 2.05) is 13.0 Å². The Morgan fingerprint density at radius 2 is 1.74 bits per heavy atom. The zero-order valence-corrected chi connectivity index (χ0v) is 14.4. The first-order chi connectivity index (χ1) is 10.8. The molecule has 0 radical (unpaired) electrons. The summed E-state index contributed by atoms with van der Waals surface area (Å²) < 4.78 is 0. The second kappa shape index (κ2) is 12.0. The number of carbonyl (C=O) groups is 2. The van der Waals surface area contributed by atoms with Crippen LogP contribution in [0.3, 0.4) is 0 Å². The molecule has 0 aromatic heterocycles. The van der Waals surface area contributed by atoms with Crippen molar-refractivity contribution in [3.05, 3.63) is 23.3 Å². The lowest BCUT2D eigenvalue weighted by Crippen LogP contribution is -2.24. The Bertz CT molecular complexity index is 425. The van der Waals surface area contributed by atoms with Crippen molar-refractivity contribution < 1.29 is 24.9 Å². The van der Waals surface area contributed by atoms with Gasteiger partial charge in [-0.15, -0.1) is 0 Å². The molecule has 3 N–H and O–H groups in total. The first kappa shape index (κ1) is 21.5. The minimum Gasteiger partial charge on any atom is -0.478 e. The van der Waals surface area contributed by atoms with Gasteiger partial charge in [-0.2, -0.15) is 0 Å². The fraction of sp³-hybridized carbons (Fsp3) is 0.667. The molecule has 5 nitrogen and oxygen atoms in total. The number of rotatable bonds is 12. The van der Waals surface area contributed by atoms with Crippen LogP contribution in [-0.2, 0) is 9.59 Å². The number of allylic oxidation sites excluding steroid dienone is 3. The van der Waals surface area contributed by atoms with E-state index in [9.17, 15) is 14.7 Å². The predicted molar refractivity (Wildman–Crippen MR) is 90.0 cm³/mol. The molecule has 0 aromatic carbocycles. The van der Waals surface area contributed by atoms with Gasteiger partial charge in [-0.05, 0) is 38.2 Å². The molecule has 5 heteroatoms. The molecule has 0 amide bonds. The lowest BCUT2D eigenvalue weighted by molar-refractivity contribution is -0.131. The zero-order valence-electron chi connectivity index (χ0n) is 14.4. The van der Waals surface area contributed by atoms with Crippen molar-refractivity contribution in [2.45, 2.75) is 59.0 Å². The maximum atomic E-state index is 10.6. The van der Waals surface area contributed by atoms with Crippen molar-refractivity contribution in [2.24, 2.45) is 11.8 Å². The summed E-state index contributed by atoms with van der Waals surface area (Å²) in [7, 11) is 0. The lowest BCUT2D eigenvalue weighted by Gasteiger charge is -2.16. The standard InChI is InChI=1S/C18H30O5/c1-13(8-14(2)9-15(3)10-18(22)23)6-4-5-7-17(21)16(11-19)12-20/h9-11,13,16-17,20-21H,4-8,12H2,1-3H3,(H,22,23)/b14-9+,15-10?/t13-,16-,17-/m1/s1. The number of aliphatic hydroxyl groups is 2. The highest BCUT2D eigenvalue weighted by Gasteiger charge is 2.16. The van der Waals surface area contributed by atoms with Gasteiger partial charge in [0.2, 0.25) is 0 Å². The Labute approximate surface area is 138 Å². The predicted octanol–water partition coefficient (Wildman–Crippen LogP) is 2.72. The summed E-state index contributed by atoms with van der Waals surface area (Å²) in [6.07, 6.45) is 7.12. The van der Waals surface area contributed by atoms with Crippen molar-refractivity contribution in [1.82, 2.24) is 0 Å². The van der Waals surface area contributed by atoms with Crippen LogP contribution in [0.5, 0.6) is 0 Å². The second-order valence-corrected chi connectivity index (χ2v) is 6.36. The fourth-order valence-electron chi connectivity index (χ4n) is 2.65. The summed E-state index contributed by atoms with van der Waals surface area (Å²) in [5.41, 5.74) is 1.88. The first-order valence-electron chi connectivity index (χ1n) is 8.12. The van der Waals surface area contributed by atoms with Gasteiger partial charge in [-0.25, -0.2) is 4.79 Å². The Kier molecular flexibility index (Phi) is 11.3. The molecule has 0 aliphatic rings. The van der Waals surface area contributed by atoms with Gasteiger partial charge < -0.3 is 20.1 Å². The SMILES string of the molecule is CC(=CC(=O)O)/C=C(\C)C[C@H](C)CCCC[C@@H](O)[C@H](C=O)CO. The molecule has 0 rings (SSSR count). The number of carboxylic acids is 1. The zero-order chi connectivity index (χ0) is 17.8. The molecule has 0 bridgehead atoms. The van der Waals surface area contributed by atoms with Crippen LogP contribution >= 0.6 is 0 Å². The normalized spacial score (nSPS) is 16.7. The van der Waals surface area contributed by atoms with E-state index in [-0.39, 0.29) is 6.61 Å². The smallest absolute Gasteiger partial charge is 0.328 e. The van der Waals surface area contributed by atoms with Crippen LogP contribution in [0.25, 0.3) is 0 Å². The van der Waals surface area contributed by atoms with E-state index < -0.39 is 18.0 Å². The number of hydrogen-bond donors (Lipinski definition) is 3. The van der Waals surface area contributed by atoms with Crippen molar-refractivity contribution in [3.8, 4) is 0 Å². The summed E-state index contributed by atoms with van der Waals surface area (Å²) in [4.78, 5) is 21.2. The third-order valence-corrected chi connectivity index (χ3v) is 3.82. The lowest BCUT2D eigenvalue weighted by atomic mass is 9.93. The first-order valence-corrected chi connectivity index (χ1v) is 8.12. The van der Waals surface area contributed by atoms with Gasteiger partial charge in [0, 0.05) is 6.08 Å². The van der Waals surface area contributed by atoms with Crippen molar-refractivity contribution in [2.75, 3.05) is 6.61 Å². The molecule has 132 valence electrons. The minimum atomic E-state index is -0.935. The van der Waals surface area contributed by atoms with Crippen molar-refractivity contribution >= 4 is 12.3 Å². The average Bonchev–Trinajstić information content (AvgIpc) is 2.43. The number of hydrogen-bond acceptors (Lipinski definition) is 4. The van der Waals surface area contributed by atoms with E-state index >= 15 is 0 Å². The summed E-state index contributed by atoms with van der Waals surface area (Å²) >= 11 is 0. The quantitative estimate of drug-likeness (QED) is 0.222. The highest BCUT2D eigenvalue weighted by Crippen LogP contribution is 2.20. The monoisotopic (exact) mass is 326 g/mol. The molecular formula is C18H30O5. The summed E-state index contributed by atoms with van der Waals surface area (Å²) in [5, 5.41) is 27.3. The molecule has 0 aliphatic heterocycles. The van der Waals surface area contributed by atoms with Gasteiger partial charge in [0.15, 0.2) is 0 Å². The largest absolute Gasteiger partial charge is 0.478 e. The van der Waals surface area contributed by atoms with Gasteiger partial charge >= 0.3 is 5.97 Å². The number of aldehydes is 1. The molecule has 0 aliphatic carbocycles. The number of carbonyl (C=O) groups excluding carboxylic acids is 1. The van der Waals surface area contributed by atoms with Crippen LogP contribution in [-0.4, -0.2) is 40.3 Å². The van der Waals surface area contributed by atoms with E-state index in [0.717, 1.165) is 36.8 Å². The third kappa shape index (κ3) is 10.8. The van der Waals surface area contributed by atoms with E-state index in [2.05, 4.69) is 6.92 Å². The third-order valence-electron chi connectivity index (χ3n) is 3.82. The molecule has 0 heterocycles. The number of aliphatic hydroxyl groups excluding tert-OH is 2. The Hall–Kier alpha value is -1.46. The van der Waals surface area contributed by atoms with Crippen LogP contribution in [0.15, 0.2) is 23.3 Å². The van der Waals surface area contributed by atoms with Crippen molar-refractivity contribution in [1.29, 1.82) is 0 Å². The van der Waals surface area contributed by atoms with E-state index in [4.69, 9.17) is 10.2 Å². The maximum absolute atomic E-state index is 10.6. The molecule has 0 unspecified atom stereocenters. The van der Waals surface area contributed by atoms with Crippen molar-refractivity contribution in [3.63, 3.8) is 0 Å². The van der Waals surface area contributed by atoms with E-state index in [1.165, 1.54) is 6.08 Å². The van der Waals surface area contributed by atoms with Gasteiger partial charge in [0.05, 0.1) is 18.6 Å². The summed E-state index contributed by atoms with van der Waals surface area (Å²) in [6.45, 7) is 5.60. The van der Waals surface area contributed by atoms with Crippen LogP contribution in [0.4, 0.5) is 0 Å². The topological polar surface area (TPSA) is 94.8 Å². The molecule has 0 fully saturated rings. The number of carboxylic acid groups (broad SMARTS) is 1. The molecule has 3 atom stereocenters. The van der Waals surface area contributed by atoms with Gasteiger partial charge in [-0.1, -0.05) is 37.8 Å². The molecular weight excluding hydrogens is 296 g/mol. The fourth-order valence-corrected chi connectivity index (χ4v) is 2.65. The Morgan fingerprint density at radius 1 is 1.13 bits per heavy atom. The van der Waals surface area contributed by atoms with Crippen LogP contribution in [0.2, 0.25) is 0 Å². The number of aliphatic carboxylic acids is 1. The van der Waals surface area contributed by atoms with Crippen LogP contribution in [0.1, 0.15) is 52.9 Å². The molecule has 0 spiro atoms. The van der Waals surface area contributed by atoms with Crippen LogP contribution in [0, 0.1) is 11.8 Å². The van der Waals surface area contributed by atoms with Gasteiger partial charge in [-0.3, -0.25) is 0 Å². The minimum absolute atomic E-state index is 0.311. The summed E-state index contributed by atoms with van der Waals surface area (Å²) in [6, 6.07) is 0. The van der Waals surface area contributed by atoms with Crippen LogP contribution < -0.4 is 0 Å². The van der Waals surface area contributed by atoms with E-state index in [1.54, 1.807) is 6.92 Å². The highest BCUT2D eigenvalue weighted by molar-refractivity contribution is 5.81. The van der Waals surface area contributed by atoms with E-state index in [0.29, 0.717) is 18.6 Å². The average molecular weight is 326 g/mol. The molecule has 0 aromatic rings. The Balaban J connectivity index is 4.08.